The van der Waals surface area contributed by atoms with Crippen LogP contribution in [-0.2, 0) is 13.6 Å². The van der Waals surface area contributed by atoms with Gasteiger partial charge in [-0.15, -0.1) is 0 Å². The van der Waals surface area contributed by atoms with Gasteiger partial charge in [0.05, 0.1) is 11.8 Å². The number of aromatic nitrogens is 2. The molecule has 2 rings (SSSR count). The van der Waals surface area contributed by atoms with E-state index in [1.165, 1.54) is 5.56 Å². The fourth-order valence-electron chi connectivity index (χ4n) is 2.51. The highest BCUT2D eigenvalue weighted by Crippen LogP contribution is 2.22. The minimum absolute atomic E-state index is 0.106. The molecule has 96 valence electrons. The highest BCUT2D eigenvalue weighted by Gasteiger charge is 2.20. The Hall–Kier alpha value is -1.07. The van der Waals surface area contributed by atoms with Gasteiger partial charge >= 0.3 is 0 Å². The van der Waals surface area contributed by atoms with Crippen LogP contribution >= 0.6 is 0 Å². The van der Waals surface area contributed by atoms with E-state index >= 15 is 0 Å². The highest BCUT2D eigenvalue weighted by atomic mass is 16.3. The van der Waals surface area contributed by atoms with Crippen molar-refractivity contribution in [2.24, 2.45) is 7.05 Å². The van der Waals surface area contributed by atoms with Gasteiger partial charge in [-0.05, 0) is 19.8 Å². The Morgan fingerprint density at radius 3 is 2.65 bits per heavy atom. The van der Waals surface area contributed by atoms with Crippen LogP contribution in [0.15, 0.2) is 0 Å². The van der Waals surface area contributed by atoms with Crippen molar-refractivity contribution in [1.82, 2.24) is 14.7 Å². The number of piperidine rings is 1. The summed E-state index contributed by atoms with van der Waals surface area (Å²) in [6.45, 7) is 4.91. The molecular formula is C12H22N4O. The summed E-state index contributed by atoms with van der Waals surface area (Å²) in [6, 6.07) is 0. The second kappa shape index (κ2) is 5.06. The molecule has 1 saturated heterocycles. The van der Waals surface area contributed by atoms with Crippen LogP contribution in [0.3, 0.4) is 0 Å². The predicted octanol–water partition coefficient (Wildman–Crippen LogP) is 0.727. The number of hydrogen-bond acceptors (Lipinski definition) is 4. The van der Waals surface area contributed by atoms with Gasteiger partial charge in [-0.1, -0.05) is 0 Å². The highest BCUT2D eigenvalue weighted by molar-refractivity contribution is 5.46. The van der Waals surface area contributed by atoms with Crippen molar-refractivity contribution in [3.63, 3.8) is 0 Å². The molecule has 0 radical (unpaired) electrons. The van der Waals surface area contributed by atoms with Gasteiger partial charge < -0.3 is 10.4 Å². The summed E-state index contributed by atoms with van der Waals surface area (Å²) in [7, 11) is 3.89. The van der Waals surface area contributed by atoms with Gasteiger partial charge in [-0.2, -0.15) is 5.10 Å². The molecule has 1 aromatic heterocycles. The maximum atomic E-state index is 9.50. The third kappa shape index (κ3) is 2.61. The number of nitrogens with zero attached hydrogens (tertiary/aromatic N) is 3. The number of aliphatic hydroxyl groups excluding tert-OH is 1. The smallest absolute Gasteiger partial charge is 0.128 e. The maximum Gasteiger partial charge on any atom is 0.128 e. The normalized spacial score (nSPS) is 18.6. The molecule has 0 aromatic carbocycles. The first kappa shape index (κ1) is 12.4. The fraction of sp³-hybridized carbons (Fsp3) is 0.750. The number of hydrogen-bond donors (Lipinski definition) is 2. The van der Waals surface area contributed by atoms with Crippen molar-refractivity contribution in [3.8, 4) is 0 Å². The number of nitrogens with one attached hydrogen (secondary N) is 1. The van der Waals surface area contributed by atoms with Crippen LogP contribution in [0.25, 0.3) is 0 Å². The Morgan fingerprint density at radius 2 is 2.06 bits per heavy atom. The first-order valence-electron chi connectivity index (χ1n) is 6.22. The van der Waals surface area contributed by atoms with E-state index in [-0.39, 0.29) is 6.10 Å². The molecule has 1 aliphatic rings. The molecule has 2 heterocycles. The minimum atomic E-state index is -0.106. The summed E-state index contributed by atoms with van der Waals surface area (Å²) in [6.07, 6.45) is 1.66. The second-order valence-electron chi connectivity index (χ2n) is 4.79. The van der Waals surface area contributed by atoms with E-state index in [0.717, 1.165) is 44.0 Å². The van der Waals surface area contributed by atoms with Crippen LogP contribution in [0.1, 0.15) is 24.1 Å². The molecule has 0 amide bonds. The lowest BCUT2D eigenvalue weighted by molar-refractivity contribution is 0.0792. The van der Waals surface area contributed by atoms with E-state index in [1.54, 1.807) is 0 Å². The second-order valence-corrected chi connectivity index (χ2v) is 4.79. The lowest BCUT2D eigenvalue weighted by Crippen LogP contribution is -2.35. The van der Waals surface area contributed by atoms with E-state index < -0.39 is 0 Å². The summed E-state index contributed by atoms with van der Waals surface area (Å²) in [4.78, 5) is 2.39. The molecule has 0 aliphatic carbocycles. The van der Waals surface area contributed by atoms with Crippen molar-refractivity contribution < 1.29 is 5.11 Å². The third-order valence-corrected chi connectivity index (χ3v) is 3.52. The number of likely N-dealkylation sites (tertiary alicyclic amines) is 1. The SMILES string of the molecule is CNc1c(CN2CCC(O)CC2)c(C)nn1C. The lowest BCUT2D eigenvalue weighted by Gasteiger charge is -2.29. The van der Waals surface area contributed by atoms with Crippen LogP contribution in [-0.4, -0.2) is 46.0 Å². The molecule has 0 bridgehead atoms. The summed E-state index contributed by atoms with van der Waals surface area (Å²) >= 11 is 0. The summed E-state index contributed by atoms with van der Waals surface area (Å²) in [5.41, 5.74) is 2.36. The molecule has 0 saturated carbocycles. The van der Waals surface area contributed by atoms with E-state index in [4.69, 9.17) is 0 Å². The number of anilines is 1. The van der Waals surface area contributed by atoms with Crippen molar-refractivity contribution in [1.29, 1.82) is 0 Å². The third-order valence-electron chi connectivity index (χ3n) is 3.52. The standard InChI is InChI=1S/C12H22N4O/c1-9-11(12(13-2)15(3)14-9)8-16-6-4-10(17)5-7-16/h10,13,17H,4-8H2,1-3H3. The van der Waals surface area contributed by atoms with Gasteiger partial charge in [0.1, 0.15) is 5.82 Å². The Bertz CT molecular complexity index is 380. The Balaban J connectivity index is 2.08. The largest absolute Gasteiger partial charge is 0.393 e. The molecular weight excluding hydrogens is 216 g/mol. The van der Waals surface area contributed by atoms with Crippen molar-refractivity contribution in [2.45, 2.75) is 32.4 Å². The van der Waals surface area contributed by atoms with Crippen molar-refractivity contribution in [3.05, 3.63) is 11.3 Å². The predicted molar refractivity (Wildman–Crippen MR) is 68.0 cm³/mol. The molecule has 17 heavy (non-hydrogen) atoms. The van der Waals surface area contributed by atoms with Crippen LogP contribution in [0, 0.1) is 6.92 Å². The van der Waals surface area contributed by atoms with Crippen LogP contribution < -0.4 is 5.32 Å². The van der Waals surface area contributed by atoms with Crippen LogP contribution in [0.4, 0.5) is 5.82 Å². The molecule has 2 N–H and O–H groups in total. The van der Waals surface area contributed by atoms with E-state index in [1.807, 2.05) is 18.8 Å². The van der Waals surface area contributed by atoms with Gasteiger partial charge in [-0.3, -0.25) is 9.58 Å². The summed E-state index contributed by atoms with van der Waals surface area (Å²) in [5, 5.41) is 17.1. The average Bonchev–Trinajstić information content (AvgIpc) is 2.57. The van der Waals surface area contributed by atoms with E-state index in [2.05, 4.69) is 22.2 Å². The van der Waals surface area contributed by atoms with Gasteiger partial charge in [0.15, 0.2) is 0 Å². The molecule has 0 unspecified atom stereocenters. The van der Waals surface area contributed by atoms with Gasteiger partial charge in [0.2, 0.25) is 0 Å². The monoisotopic (exact) mass is 238 g/mol. The molecule has 1 aromatic rings. The first-order chi connectivity index (χ1) is 8.11. The van der Waals surface area contributed by atoms with Gasteiger partial charge in [-0.25, -0.2) is 0 Å². The Kier molecular flexibility index (Phi) is 3.69. The number of rotatable bonds is 3. The molecule has 0 spiro atoms. The molecule has 1 fully saturated rings. The van der Waals surface area contributed by atoms with E-state index in [9.17, 15) is 5.11 Å². The minimum Gasteiger partial charge on any atom is -0.393 e. The topological polar surface area (TPSA) is 53.3 Å². The van der Waals surface area contributed by atoms with Crippen molar-refractivity contribution >= 4 is 5.82 Å². The maximum absolute atomic E-state index is 9.50. The zero-order valence-corrected chi connectivity index (χ0v) is 10.9. The van der Waals surface area contributed by atoms with E-state index in [0.29, 0.717) is 0 Å². The number of aryl methyl sites for hydroxylation is 2. The molecule has 5 nitrogen and oxygen atoms in total. The number of aliphatic hydroxyl groups is 1. The average molecular weight is 238 g/mol. The van der Waals surface area contributed by atoms with Gasteiger partial charge in [0.25, 0.3) is 0 Å². The van der Waals surface area contributed by atoms with Crippen LogP contribution in [0.5, 0.6) is 0 Å². The molecule has 1 aliphatic heterocycles. The van der Waals surface area contributed by atoms with Crippen molar-refractivity contribution in [2.75, 3.05) is 25.5 Å². The quantitative estimate of drug-likeness (QED) is 0.815. The summed E-state index contributed by atoms with van der Waals surface area (Å²) in [5.74, 6) is 1.09. The summed E-state index contributed by atoms with van der Waals surface area (Å²) < 4.78 is 1.89. The van der Waals surface area contributed by atoms with Crippen LogP contribution in [0.2, 0.25) is 0 Å². The molecule has 5 heteroatoms. The first-order valence-corrected chi connectivity index (χ1v) is 6.22. The lowest BCUT2D eigenvalue weighted by atomic mass is 10.1. The molecule has 0 atom stereocenters. The van der Waals surface area contributed by atoms with Gasteiger partial charge in [0, 0.05) is 39.3 Å². The fourth-order valence-corrected chi connectivity index (χ4v) is 2.51. The zero-order chi connectivity index (χ0) is 12.4. The zero-order valence-electron chi connectivity index (χ0n) is 10.9. The Morgan fingerprint density at radius 1 is 1.41 bits per heavy atom. The Labute approximate surface area is 102 Å².